The fourth-order valence-corrected chi connectivity index (χ4v) is 4.89. The summed E-state index contributed by atoms with van der Waals surface area (Å²) < 4.78 is 23.9. The highest BCUT2D eigenvalue weighted by molar-refractivity contribution is 5.80. The molecule has 0 atom stereocenters. The minimum Gasteiger partial charge on any atom is -0.444 e. The van der Waals surface area contributed by atoms with E-state index in [1.54, 1.807) is 18.4 Å². The van der Waals surface area contributed by atoms with E-state index in [0.29, 0.717) is 5.89 Å². The molecule has 2 aliphatic carbocycles. The van der Waals surface area contributed by atoms with Crippen LogP contribution < -0.4 is 10.2 Å². The second-order valence-corrected chi connectivity index (χ2v) is 10.2. The molecule has 3 aliphatic rings. The van der Waals surface area contributed by atoms with E-state index in [2.05, 4.69) is 33.4 Å². The summed E-state index contributed by atoms with van der Waals surface area (Å²) in [5.74, 6) is 0.504. The Hall–Kier alpha value is -3.70. The second-order valence-electron chi connectivity index (χ2n) is 10.2. The minimum atomic E-state index is -0.478. The lowest BCUT2D eigenvalue weighted by molar-refractivity contribution is -0.126. The Morgan fingerprint density at radius 1 is 1.00 bits per heavy atom. The number of nitriles is 1. The van der Waals surface area contributed by atoms with Crippen molar-refractivity contribution in [3.05, 3.63) is 60.6 Å². The van der Waals surface area contributed by atoms with Gasteiger partial charge in [-0.25, -0.2) is 9.37 Å². The van der Waals surface area contributed by atoms with Crippen molar-refractivity contribution in [1.82, 2.24) is 10.3 Å². The van der Waals surface area contributed by atoms with E-state index in [1.807, 2.05) is 12.1 Å². The van der Waals surface area contributed by atoms with Gasteiger partial charge in [-0.15, -0.1) is 0 Å². The van der Waals surface area contributed by atoms with Crippen molar-refractivity contribution in [1.29, 1.82) is 5.26 Å². The van der Waals surface area contributed by atoms with E-state index in [4.69, 9.17) is 14.4 Å². The van der Waals surface area contributed by atoms with Crippen LogP contribution in [0.25, 0.3) is 22.7 Å². The molecular weight excluding hydrogens is 483 g/mol. The first-order valence-electron chi connectivity index (χ1n) is 13.4. The maximum Gasteiger partial charge on any atom is 0.226 e. The third kappa shape index (κ3) is 6.40. The van der Waals surface area contributed by atoms with E-state index in [-0.39, 0.29) is 17.6 Å². The van der Waals surface area contributed by atoms with Crippen LogP contribution in [0.5, 0.6) is 0 Å². The van der Waals surface area contributed by atoms with E-state index in [1.165, 1.54) is 24.2 Å². The van der Waals surface area contributed by atoms with Gasteiger partial charge < -0.3 is 19.4 Å². The van der Waals surface area contributed by atoms with Gasteiger partial charge in [-0.3, -0.25) is 4.79 Å². The summed E-state index contributed by atoms with van der Waals surface area (Å²) in [6.45, 7) is 3.37. The normalized spacial score (nSPS) is 18.6. The lowest BCUT2D eigenvalue weighted by atomic mass is 9.88. The van der Waals surface area contributed by atoms with Gasteiger partial charge in [0.15, 0.2) is 0 Å². The number of amides is 1. The van der Waals surface area contributed by atoms with Crippen molar-refractivity contribution in [2.24, 2.45) is 5.92 Å². The Morgan fingerprint density at radius 3 is 2.29 bits per heavy atom. The quantitative estimate of drug-likeness (QED) is 0.466. The Kier molecular flexibility index (Phi) is 8.04. The predicted octanol–water partition coefficient (Wildman–Crippen LogP) is 5.72. The minimum absolute atomic E-state index is 0.115. The maximum absolute atomic E-state index is 13.0. The number of anilines is 1. The Balaban J connectivity index is 0.000000179. The number of nitrogens with zero attached hydrogens (tertiary/aromatic N) is 3. The fourth-order valence-electron chi connectivity index (χ4n) is 4.89. The number of nitrogens with one attached hydrogen (secondary N) is 1. The third-order valence-electron chi connectivity index (χ3n) is 7.44. The molecule has 2 heterocycles. The predicted molar refractivity (Wildman–Crippen MR) is 143 cm³/mol. The molecule has 1 aromatic heterocycles. The van der Waals surface area contributed by atoms with Crippen LogP contribution in [0.4, 0.5) is 10.1 Å². The zero-order chi connectivity index (χ0) is 26.4. The molecule has 2 aromatic carbocycles. The van der Waals surface area contributed by atoms with Crippen LogP contribution in [0.3, 0.4) is 0 Å². The van der Waals surface area contributed by atoms with Crippen LogP contribution >= 0.6 is 0 Å². The molecule has 1 aliphatic heterocycles. The summed E-state index contributed by atoms with van der Waals surface area (Å²) in [6.07, 6.45) is 8.90. The number of carbonyl (C=O) groups excluding carboxylic acids is 1. The summed E-state index contributed by atoms with van der Waals surface area (Å²) in [5.41, 5.74) is 3.22. The number of ether oxygens (including phenoxy) is 1. The Labute approximate surface area is 222 Å². The number of halogens is 1. The third-order valence-corrected chi connectivity index (χ3v) is 7.44. The number of rotatable bonds is 5. The van der Waals surface area contributed by atoms with Crippen molar-refractivity contribution in [2.45, 2.75) is 50.5 Å². The summed E-state index contributed by atoms with van der Waals surface area (Å²) in [5, 5.41) is 11.7. The number of carbonyl (C=O) groups is 1. The number of morpholine rings is 1. The zero-order valence-corrected chi connectivity index (χ0v) is 21.5. The summed E-state index contributed by atoms with van der Waals surface area (Å²) in [7, 11) is 0. The monoisotopic (exact) mass is 516 g/mol. The molecule has 3 aromatic rings. The van der Waals surface area contributed by atoms with Crippen molar-refractivity contribution >= 4 is 11.6 Å². The van der Waals surface area contributed by atoms with Crippen molar-refractivity contribution < 1.29 is 18.3 Å². The Bertz CT molecular complexity index is 1250. The highest BCUT2D eigenvalue weighted by Gasteiger charge is 2.45. The highest BCUT2D eigenvalue weighted by Crippen LogP contribution is 2.35. The molecular formula is C30H33FN4O3. The van der Waals surface area contributed by atoms with Crippen molar-refractivity contribution in [2.75, 3.05) is 31.2 Å². The average Bonchev–Trinajstić information content (AvgIpc) is 3.58. The van der Waals surface area contributed by atoms with Gasteiger partial charge in [0.25, 0.3) is 0 Å². The standard InChI is InChI=1S/C19H17FN2O2.C11H16N2O/c20-16-5-1-15(2-6-16)19-21-18(13-24-19)14-3-7-17(8-4-14)22-9-11-23-12-10-22;12-8-11(6-7-11)13-10(14)9-4-2-1-3-5-9/h1-8,13H,9-12H2;9H,1-7H2,(H,13,14). The molecule has 3 fully saturated rings. The van der Waals surface area contributed by atoms with Gasteiger partial charge in [-0.05, 0) is 62.1 Å². The smallest absolute Gasteiger partial charge is 0.226 e. The molecule has 1 amide bonds. The first kappa shape index (κ1) is 25.9. The summed E-state index contributed by atoms with van der Waals surface area (Å²) in [6, 6.07) is 16.6. The molecule has 0 bridgehead atoms. The van der Waals surface area contributed by atoms with Gasteiger partial charge >= 0.3 is 0 Å². The molecule has 0 spiro atoms. The molecule has 0 unspecified atom stereocenters. The van der Waals surface area contributed by atoms with Gasteiger partial charge in [0, 0.05) is 35.8 Å². The van der Waals surface area contributed by atoms with Gasteiger partial charge in [0.1, 0.15) is 23.3 Å². The Morgan fingerprint density at radius 2 is 1.66 bits per heavy atom. The van der Waals surface area contributed by atoms with Crippen molar-refractivity contribution in [3.63, 3.8) is 0 Å². The van der Waals surface area contributed by atoms with Gasteiger partial charge in [-0.1, -0.05) is 31.4 Å². The van der Waals surface area contributed by atoms with Gasteiger partial charge in [-0.2, -0.15) is 5.26 Å². The number of benzene rings is 2. The fraction of sp³-hybridized carbons (Fsp3) is 0.433. The maximum atomic E-state index is 13.0. The van der Waals surface area contributed by atoms with Crippen LogP contribution in [0.15, 0.2) is 59.2 Å². The van der Waals surface area contributed by atoms with Crippen LogP contribution in [-0.4, -0.2) is 42.7 Å². The average molecular weight is 517 g/mol. The molecule has 0 radical (unpaired) electrons. The summed E-state index contributed by atoms with van der Waals surface area (Å²) >= 11 is 0. The molecule has 6 rings (SSSR count). The van der Waals surface area contributed by atoms with Crippen molar-refractivity contribution in [3.8, 4) is 28.8 Å². The van der Waals surface area contributed by atoms with Crippen LogP contribution in [0.1, 0.15) is 44.9 Å². The molecule has 1 N–H and O–H groups in total. The number of hydrogen-bond donors (Lipinski definition) is 1. The second kappa shape index (κ2) is 11.8. The van der Waals surface area contributed by atoms with E-state index < -0.39 is 5.54 Å². The van der Waals surface area contributed by atoms with Crippen LogP contribution in [0, 0.1) is 23.1 Å². The van der Waals surface area contributed by atoms with Crippen LogP contribution in [-0.2, 0) is 9.53 Å². The number of aromatic nitrogens is 1. The van der Waals surface area contributed by atoms with E-state index in [0.717, 1.165) is 81.6 Å². The number of hydrogen-bond acceptors (Lipinski definition) is 6. The SMILES string of the molecule is Fc1ccc(-c2nc(-c3ccc(N4CCOCC4)cc3)co2)cc1.N#CC1(NC(=O)C2CCCCC2)CC1. The molecule has 198 valence electrons. The highest BCUT2D eigenvalue weighted by atomic mass is 19.1. The molecule has 38 heavy (non-hydrogen) atoms. The summed E-state index contributed by atoms with van der Waals surface area (Å²) in [4.78, 5) is 18.6. The molecule has 8 heteroatoms. The van der Waals surface area contributed by atoms with E-state index in [9.17, 15) is 9.18 Å². The molecule has 7 nitrogen and oxygen atoms in total. The van der Waals surface area contributed by atoms with E-state index >= 15 is 0 Å². The van der Waals surface area contributed by atoms with Crippen LogP contribution in [0.2, 0.25) is 0 Å². The molecule has 1 saturated heterocycles. The zero-order valence-electron chi connectivity index (χ0n) is 21.5. The topological polar surface area (TPSA) is 91.4 Å². The van der Waals surface area contributed by atoms with Gasteiger partial charge in [0.2, 0.25) is 11.8 Å². The number of oxazole rings is 1. The van der Waals surface area contributed by atoms with Gasteiger partial charge in [0.05, 0.1) is 19.3 Å². The molecule has 2 saturated carbocycles. The first-order valence-corrected chi connectivity index (χ1v) is 13.4. The first-order chi connectivity index (χ1) is 18.5. The largest absolute Gasteiger partial charge is 0.444 e. The lowest BCUT2D eigenvalue weighted by Gasteiger charge is -2.28. The lowest BCUT2D eigenvalue weighted by Crippen LogP contribution is -2.40.